The van der Waals surface area contributed by atoms with Crippen molar-refractivity contribution in [3.63, 3.8) is 0 Å². The zero-order chi connectivity index (χ0) is 23.9. The summed E-state index contributed by atoms with van der Waals surface area (Å²) in [6, 6.07) is 10.1. The Bertz CT molecular complexity index is 1040. The summed E-state index contributed by atoms with van der Waals surface area (Å²) in [6.07, 6.45) is 1.22. The van der Waals surface area contributed by atoms with Crippen LogP contribution in [0.4, 0.5) is 5.69 Å². The fourth-order valence-electron chi connectivity index (χ4n) is 3.34. The van der Waals surface area contributed by atoms with Crippen molar-refractivity contribution in [1.82, 2.24) is 5.32 Å². The summed E-state index contributed by atoms with van der Waals surface area (Å²) in [5.41, 5.74) is 2.73. The van der Waals surface area contributed by atoms with E-state index in [-0.39, 0.29) is 23.9 Å². The predicted octanol–water partition coefficient (Wildman–Crippen LogP) is 2.98. The van der Waals surface area contributed by atoms with Crippen molar-refractivity contribution in [2.75, 3.05) is 31.7 Å². The Morgan fingerprint density at radius 2 is 1.81 bits per heavy atom. The van der Waals surface area contributed by atoms with E-state index in [1.54, 1.807) is 20.3 Å². The Hall–Kier alpha value is -2.75. The van der Waals surface area contributed by atoms with Crippen molar-refractivity contribution in [2.45, 2.75) is 31.9 Å². The zero-order valence-corrected chi connectivity index (χ0v) is 19.7. The number of hydrogen-bond acceptors (Lipinski definition) is 7. The van der Waals surface area contributed by atoms with Gasteiger partial charge in [-0.25, -0.2) is 8.42 Å². The molecule has 0 bridgehead atoms. The summed E-state index contributed by atoms with van der Waals surface area (Å²) in [4.78, 5) is 0. The number of nitrogens with one attached hydrogen (secondary N) is 2. The van der Waals surface area contributed by atoms with Crippen molar-refractivity contribution in [2.24, 2.45) is 0 Å². The summed E-state index contributed by atoms with van der Waals surface area (Å²) in [6.45, 7) is 6.24. The van der Waals surface area contributed by atoms with Crippen LogP contribution in [-0.2, 0) is 16.4 Å². The Labute approximate surface area is 189 Å². The maximum absolute atomic E-state index is 11.5. The van der Waals surface area contributed by atoms with Gasteiger partial charge in [0.15, 0.2) is 11.5 Å². The van der Waals surface area contributed by atoms with Crippen LogP contribution >= 0.6 is 0 Å². The molecule has 0 aliphatic heterocycles. The predicted molar refractivity (Wildman–Crippen MR) is 126 cm³/mol. The van der Waals surface area contributed by atoms with Crippen molar-refractivity contribution >= 4 is 15.7 Å². The summed E-state index contributed by atoms with van der Waals surface area (Å²) in [5.74, 6) is 1.08. The van der Waals surface area contributed by atoms with Crippen LogP contribution in [0.3, 0.4) is 0 Å². The number of methoxy groups -OCH3 is 2. The van der Waals surface area contributed by atoms with E-state index >= 15 is 0 Å². The van der Waals surface area contributed by atoms with Crippen LogP contribution < -0.4 is 19.5 Å². The number of benzene rings is 2. The number of aliphatic hydroxyl groups is 1. The van der Waals surface area contributed by atoms with Gasteiger partial charge in [-0.3, -0.25) is 4.72 Å². The molecule has 0 spiro atoms. The number of phenols is 1. The third-order valence-electron chi connectivity index (χ3n) is 4.79. The molecule has 0 fully saturated rings. The highest BCUT2D eigenvalue weighted by molar-refractivity contribution is 7.92. The SMILES string of the molecule is C=C(C)CC(NC[C@@H](O)Cc1ccc(O)c(NS(C)(=O)=O)c1)c1ccc(OC)c(OC)c1. The molecule has 8 nitrogen and oxygen atoms in total. The summed E-state index contributed by atoms with van der Waals surface area (Å²) >= 11 is 0. The van der Waals surface area contributed by atoms with Crippen LogP contribution in [0.15, 0.2) is 48.6 Å². The van der Waals surface area contributed by atoms with Crippen LogP contribution in [0.1, 0.15) is 30.5 Å². The Morgan fingerprint density at radius 1 is 1.12 bits per heavy atom. The quantitative estimate of drug-likeness (QED) is 0.282. The maximum Gasteiger partial charge on any atom is 0.229 e. The van der Waals surface area contributed by atoms with Crippen LogP contribution in [-0.4, -0.2) is 51.8 Å². The first-order valence-electron chi connectivity index (χ1n) is 10.1. The molecule has 2 atom stereocenters. The Balaban J connectivity index is 2.10. The first-order chi connectivity index (χ1) is 15.0. The monoisotopic (exact) mass is 464 g/mol. The fourth-order valence-corrected chi connectivity index (χ4v) is 3.90. The number of phenolic OH excluding ortho intramolecular Hbond substituents is 1. The summed E-state index contributed by atoms with van der Waals surface area (Å²) < 4.78 is 35.9. The molecular weight excluding hydrogens is 432 g/mol. The third kappa shape index (κ3) is 7.74. The second kappa shape index (κ2) is 11.2. The van der Waals surface area contributed by atoms with Gasteiger partial charge in [0.2, 0.25) is 10.0 Å². The molecule has 2 aromatic rings. The lowest BCUT2D eigenvalue weighted by atomic mass is 9.99. The van der Waals surface area contributed by atoms with Crippen molar-refractivity contribution in [3.8, 4) is 17.2 Å². The molecule has 0 aliphatic rings. The van der Waals surface area contributed by atoms with E-state index < -0.39 is 16.1 Å². The highest BCUT2D eigenvalue weighted by Gasteiger charge is 2.17. The van der Waals surface area contributed by atoms with E-state index in [9.17, 15) is 18.6 Å². The molecule has 4 N–H and O–H groups in total. The lowest BCUT2D eigenvalue weighted by Crippen LogP contribution is -2.32. The molecule has 1 unspecified atom stereocenters. The van der Waals surface area contributed by atoms with Crippen LogP contribution in [0, 0.1) is 0 Å². The molecule has 0 aliphatic carbocycles. The molecule has 0 amide bonds. The van der Waals surface area contributed by atoms with Crippen molar-refractivity contribution < 1.29 is 28.1 Å². The zero-order valence-electron chi connectivity index (χ0n) is 18.9. The van der Waals surface area contributed by atoms with Crippen LogP contribution in [0.2, 0.25) is 0 Å². The number of aliphatic hydroxyl groups excluding tert-OH is 1. The van der Waals surface area contributed by atoms with Gasteiger partial charge < -0.3 is 25.0 Å². The summed E-state index contributed by atoms with van der Waals surface area (Å²) in [5, 5.41) is 23.8. The molecule has 9 heteroatoms. The van der Waals surface area contributed by atoms with Gasteiger partial charge in [0.05, 0.1) is 32.3 Å². The Kier molecular flexibility index (Phi) is 8.94. The normalized spacial score (nSPS) is 13.3. The third-order valence-corrected chi connectivity index (χ3v) is 5.38. The second-order valence-corrected chi connectivity index (χ2v) is 9.57. The topological polar surface area (TPSA) is 117 Å². The number of hydrogen-bond donors (Lipinski definition) is 4. The van der Waals surface area contributed by atoms with Gasteiger partial charge in [-0.05, 0) is 55.2 Å². The van der Waals surface area contributed by atoms with Crippen molar-refractivity contribution in [3.05, 3.63) is 59.7 Å². The van der Waals surface area contributed by atoms with Gasteiger partial charge >= 0.3 is 0 Å². The molecule has 0 aromatic heterocycles. The largest absolute Gasteiger partial charge is 0.506 e. The molecule has 176 valence electrons. The molecule has 2 aromatic carbocycles. The van der Waals surface area contributed by atoms with Gasteiger partial charge in [0.1, 0.15) is 5.75 Å². The number of ether oxygens (including phenoxy) is 2. The number of aromatic hydroxyl groups is 1. The highest BCUT2D eigenvalue weighted by atomic mass is 32.2. The van der Waals surface area contributed by atoms with Crippen molar-refractivity contribution in [1.29, 1.82) is 0 Å². The molecular formula is C23H32N2O6S. The van der Waals surface area contributed by atoms with E-state index in [4.69, 9.17) is 9.47 Å². The van der Waals surface area contributed by atoms with E-state index in [0.717, 1.165) is 17.4 Å². The smallest absolute Gasteiger partial charge is 0.229 e. The van der Waals surface area contributed by atoms with Gasteiger partial charge in [-0.2, -0.15) is 0 Å². The number of anilines is 1. The van der Waals surface area contributed by atoms with E-state index in [0.29, 0.717) is 30.0 Å². The lowest BCUT2D eigenvalue weighted by Gasteiger charge is -2.23. The standard InChI is InChI=1S/C23H32N2O6S/c1-15(2)10-19(17-7-9-22(30-3)23(13-17)31-4)24-14-18(26)11-16-6-8-21(27)20(12-16)25-32(5,28)29/h6-9,12-13,18-19,24-27H,1,10-11,14H2,2-5H3/t18-,19?/m0/s1. The van der Waals surface area contributed by atoms with E-state index in [1.165, 1.54) is 12.1 Å². The highest BCUT2D eigenvalue weighted by Crippen LogP contribution is 2.32. The molecule has 2 rings (SSSR count). The van der Waals surface area contributed by atoms with Crippen LogP contribution in [0.5, 0.6) is 17.2 Å². The fraction of sp³-hybridized carbons (Fsp3) is 0.391. The minimum atomic E-state index is -3.53. The van der Waals surface area contributed by atoms with E-state index in [1.807, 2.05) is 25.1 Å². The molecule has 32 heavy (non-hydrogen) atoms. The van der Waals surface area contributed by atoms with E-state index in [2.05, 4.69) is 16.6 Å². The van der Waals surface area contributed by atoms with Gasteiger partial charge in [-0.15, -0.1) is 6.58 Å². The second-order valence-electron chi connectivity index (χ2n) is 7.82. The van der Waals surface area contributed by atoms with Crippen LogP contribution in [0.25, 0.3) is 0 Å². The first kappa shape index (κ1) is 25.5. The van der Waals surface area contributed by atoms with Gasteiger partial charge in [0.25, 0.3) is 0 Å². The molecule has 0 saturated carbocycles. The van der Waals surface area contributed by atoms with Gasteiger partial charge in [-0.1, -0.05) is 17.7 Å². The molecule has 0 heterocycles. The average molecular weight is 465 g/mol. The minimum absolute atomic E-state index is 0.0793. The summed E-state index contributed by atoms with van der Waals surface area (Å²) in [7, 11) is -0.370. The maximum atomic E-state index is 11.5. The molecule has 0 saturated heterocycles. The first-order valence-corrected chi connectivity index (χ1v) is 12.0. The average Bonchev–Trinajstić information content (AvgIpc) is 2.71. The number of sulfonamides is 1. The number of rotatable bonds is 12. The lowest BCUT2D eigenvalue weighted by molar-refractivity contribution is 0.167. The minimum Gasteiger partial charge on any atom is -0.506 e. The molecule has 0 radical (unpaired) electrons. The Morgan fingerprint density at radius 3 is 2.41 bits per heavy atom. The van der Waals surface area contributed by atoms with Gasteiger partial charge in [0, 0.05) is 12.6 Å².